The summed E-state index contributed by atoms with van der Waals surface area (Å²) < 4.78 is 26.7. The third-order valence-electron chi connectivity index (χ3n) is 3.22. The van der Waals surface area contributed by atoms with Crippen LogP contribution in [0.15, 0.2) is 17.6 Å². The molecule has 0 bridgehead atoms. The molecule has 2 N–H and O–H groups in total. The van der Waals surface area contributed by atoms with Gasteiger partial charge in [0.15, 0.2) is 5.03 Å². The van der Waals surface area contributed by atoms with Crippen molar-refractivity contribution in [3.8, 4) is 0 Å². The Morgan fingerprint density at radius 3 is 2.63 bits per heavy atom. The van der Waals surface area contributed by atoms with E-state index in [-0.39, 0.29) is 23.5 Å². The first-order valence-electron chi connectivity index (χ1n) is 6.37. The van der Waals surface area contributed by atoms with Crippen LogP contribution < -0.4 is 5.32 Å². The van der Waals surface area contributed by atoms with Crippen molar-refractivity contribution in [1.29, 1.82) is 0 Å². The van der Waals surface area contributed by atoms with Crippen molar-refractivity contribution in [3.05, 3.63) is 12.5 Å². The Kier molecular flexibility index (Phi) is 6.25. The van der Waals surface area contributed by atoms with Gasteiger partial charge in [-0.15, -0.1) is 12.4 Å². The number of aromatic amines is 1. The molecule has 8 heteroatoms. The molecule has 0 radical (unpaired) electrons. The predicted octanol–water partition coefficient (Wildman–Crippen LogP) is 0.984. The monoisotopic (exact) mass is 308 g/mol. The highest BCUT2D eigenvalue weighted by molar-refractivity contribution is 7.89. The zero-order valence-electron chi connectivity index (χ0n) is 11.0. The maximum Gasteiger partial charge on any atom is 0.260 e. The second-order valence-electron chi connectivity index (χ2n) is 4.51. The van der Waals surface area contributed by atoms with E-state index in [1.807, 2.05) is 6.92 Å². The smallest absolute Gasteiger partial charge is 0.260 e. The highest BCUT2D eigenvalue weighted by atomic mass is 35.5. The lowest BCUT2D eigenvalue weighted by Gasteiger charge is -2.33. The van der Waals surface area contributed by atoms with Crippen LogP contribution in [0, 0.1) is 0 Å². The summed E-state index contributed by atoms with van der Waals surface area (Å²) in [5.41, 5.74) is 0. The van der Waals surface area contributed by atoms with Crippen molar-refractivity contribution in [1.82, 2.24) is 19.6 Å². The van der Waals surface area contributed by atoms with Gasteiger partial charge in [-0.05, 0) is 32.4 Å². The number of hydrogen-bond donors (Lipinski definition) is 2. The minimum atomic E-state index is -3.43. The summed E-state index contributed by atoms with van der Waals surface area (Å²) in [6.07, 6.45) is 5.33. The lowest BCUT2D eigenvalue weighted by Crippen LogP contribution is -2.46. The molecule has 0 spiro atoms. The van der Waals surface area contributed by atoms with Crippen molar-refractivity contribution < 1.29 is 8.42 Å². The van der Waals surface area contributed by atoms with Crippen LogP contribution in [0.4, 0.5) is 0 Å². The van der Waals surface area contributed by atoms with E-state index in [9.17, 15) is 8.42 Å². The first-order valence-corrected chi connectivity index (χ1v) is 7.81. The number of halogens is 1. The largest absolute Gasteiger partial charge is 0.335 e. The zero-order valence-corrected chi connectivity index (χ0v) is 12.6. The molecule has 1 aromatic heterocycles. The van der Waals surface area contributed by atoms with Crippen LogP contribution in [-0.2, 0) is 10.0 Å². The molecule has 1 aromatic rings. The Bertz CT molecular complexity index is 457. The molecule has 2 heterocycles. The quantitative estimate of drug-likeness (QED) is 0.850. The predicted molar refractivity (Wildman–Crippen MR) is 75.9 cm³/mol. The van der Waals surface area contributed by atoms with Gasteiger partial charge in [0.05, 0.1) is 12.5 Å². The van der Waals surface area contributed by atoms with Crippen LogP contribution in [0.25, 0.3) is 0 Å². The summed E-state index contributed by atoms with van der Waals surface area (Å²) in [7, 11) is -3.43. The van der Waals surface area contributed by atoms with E-state index >= 15 is 0 Å². The Hall–Kier alpha value is -0.630. The highest BCUT2D eigenvalue weighted by Gasteiger charge is 2.32. The number of aromatic nitrogens is 2. The minimum Gasteiger partial charge on any atom is -0.335 e. The molecule has 19 heavy (non-hydrogen) atoms. The van der Waals surface area contributed by atoms with Crippen molar-refractivity contribution >= 4 is 22.4 Å². The number of sulfonamides is 1. The summed E-state index contributed by atoms with van der Waals surface area (Å²) in [4.78, 5) is 6.50. The molecule has 0 aromatic carbocycles. The molecule has 0 saturated carbocycles. The minimum absolute atomic E-state index is 0. The molecule has 1 saturated heterocycles. The Labute approximate surface area is 120 Å². The van der Waals surface area contributed by atoms with Crippen molar-refractivity contribution in [2.45, 2.75) is 37.3 Å². The van der Waals surface area contributed by atoms with E-state index in [2.05, 4.69) is 15.3 Å². The third-order valence-corrected chi connectivity index (χ3v) is 5.10. The molecule has 110 valence electrons. The standard InChI is InChI=1S/C11H20N4O2S.ClH/c1-2-7-15(10-3-5-12-6-4-10)18(16,17)11-8-13-9-14-11;/h8-10,12H,2-7H2,1H3,(H,13,14);1H. The normalized spacial score (nSPS) is 17.4. The number of rotatable bonds is 5. The van der Waals surface area contributed by atoms with Crippen LogP contribution in [0.1, 0.15) is 26.2 Å². The summed E-state index contributed by atoms with van der Waals surface area (Å²) >= 11 is 0. The van der Waals surface area contributed by atoms with E-state index in [0.717, 1.165) is 32.4 Å². The molecule has 2 rings (SSSR count). The Morgan fingerprint density at radius 1 is 1.42 bits per heavy atom. The second-order valence-corrected chi connectivity index (χ2v) is 6.37. The average Bonchev–Trinajstić information content (AvgIpc) is 2.91. The first-order chi connectivity index (χ1) is 8.66. The van der Waals surface area contributed by atoms with E-state index < -0.39 is 10.0 Å². The van der Waals surface area contributed by atoms with E-state index in [0.29, 0.717) is 6.54 Å². The summed E-state index contributed by atoms with van der Waals surface area (Å²) in [5, 5.41) is 3.45. The van der Waals surface area contributed by atoms with Crippen LogP contribution in [0.2, 0.25) is 0 Å². The molecule has 0 unspecified atom stereocenters. The number of nitrogens with zero attached hydrogens (tertiary/aromatic N) is 2. The molecule has 1 aliphatic heterocycles. The highest BCUT2D eigenvalue weighted by Crippen LogP contribution is 2.21. The van der Waals surface area contributed by atoms with Crippen molar-refractivity contribution in [2.24, 2.45) is 0 Å². The van der Waals surface area contributed by atoms with Crippen LogP contribution in [0.5, 0.6) is 0 Å². The van der Waals surface area contributed by atoms with Gasteiger partial charge in [0.2, 0.25) is 0 Å². The van der Waals surface area contributed by atoms with Gasteiger partial charge in [0.25, 0.3) is 10.0 Å². The number of H-pyrrole nitrogens is 1. The maximum absolute atomic E-state index is 12.5. The second kappa shape index (κ2) is 7.23. The summed E-state index contributed by atoms with van der Waals surface area (Å²) in [5.74, 6) is 0. The van der Waals surface area contributed by atoms with E-state index in [1.54, 1.807) is 4.31 Å². The van der Waals surface area contributed by atoms with Crippen LogP contribution in [-0.4, -0.2) is 48.4 Å². The number of imidazole rings is 1. The lowest BCUT2D eigenvalue weighted by atomic mass is 10.1. The average molecular weight is 309 g/mol. The fourth-order valence-electron chi connectivity index (χ4n) is 2.32. The van der Waals surface area contributed by atoms with Crippen LogP contribution >= 0.6 is 12.4 Å². The van der Waals surface area contributed by atoms with Gasteiger partial charge in [-0.2, -0.15) is 4.31 Å². The summed E-state index contributed by atoms with van der Waals surface area (Å²) in [6, 6.07) is 0.0968. The van der Waals surface area contributed by atoms with E-state index in [1.165, 1.54) is 12.5 Å². The number of nitrogens with one attached hydrogen (secondary N) is 2. The van der Waals surface area contributed by atoms with Gasteiger partial charge in [-0.25, -0.2) is 13.4 Å². The molecule has 0 amide bonds. The SMILES string of the molecule is CCCN(C1CCNCC1)S(=O)(=O)c1cnc[nH]1.Cl. The Balaban J connectivity index is 0.00000180. The third kappa shape index (κ3) is 3.68. The molecule has 6 nitrogen and oxygen atoms in total. The first kappa shape index (κ1) is 16.4. The molecule has 0 aliphatic carbocycles. The Morgan fingerprint density at radius 2 is 2.11 bits per heavy atom. The van der Waals surface area contributed by atoms with Gasteiger partial charge in [-0.3, -0.25) is 0 Å². The van der Waals surface area contributed by atoms with E-state index in [4.69, 9.17) is 0 Å². The van der Waals surface area contributed by atoms with Crippen molar-refractivity contribution in [2.75, 3.05) is 19.6 Å². The van der Waals surface area contributed by atoms with Gasteiger partial charge in [0.1, 0.15) is 0 Å². The van der Waals surface area contributed by atoms with Crippen LogP contribution in [0.3, 0.4) is 0 Å². The van der Waals surface area contributed by atoms with Gasteiger partial charge >= 0.3 is 0 Å². The number of piperidine rings is 1. The number of hydrogen-bond acceptors (Lipinski definition) is 4. The van der Waals surface area contributed by atoms with Gasteiger partial charge in [-0.1, -0.05) is 6.92 Å². The lowest BCUT2D eigenvalue weighted by molar-refractivity contribution is 0.262. The topological polar surface area (TPSA) is 78.1 Å². The van der Waals surface area contributed by atoms with Gasteiger partial charge in [0, 0.05) is 12.6 Å². The molecular weight excluding hydrogens is 288 g/mol. The fraction of sp³-hybridized carbons (Fsp3) is 0.727. The molecule has 1 aliphatic rings. The molecular formula is C11H21ClN4O2S. The van der Waals surface area contributed by atoms with Gasteiger partial charge < -0.3 is 10.3 Å². The maximum atomic E-state index is 12.5. The molecule has 1 fully saturated rings. The zero-order chi connectivity index (χ0) is 13.0. The van der Waals surface area contributed by atoms with Crippen molar-refractivity contribution in [3.63, 3.8) is 0 Å². The fourth-order valence-corrected chi connectivity index (χ4v) is 4.00. The summed E-state index contributed by atoms with van der Waals surface area (Å²) in [6.45, 7) is 4.31. The molecule has 0 atom stereocenters.